The van der Waals surface area contributed by atoms with Crippen LogP contribution in [0.15, 0.2) is 16.9 Å². The third-order valence-electron chi connectivity index (χ3n) is 2.16. The van der Waals surface area contributed by atoms with Gasteiger partial charge in [0, 0.05) is 26.0 Å². The zero-order valence-corrected chi connectivity index (χ0v) is 11.8. The summed E-state index contributed by atoms with van der Waals surface area (Å²) in [5, 5.41) is 12.2. The molecular weight excluding hydrogens is 289 g/mol. The Morgan fingerprint density at radius 2 is 1.95 bits per heavy atom. The van der Waals surface area contributed by atoms with Crippen LogP contribution < -0.4 is 5.43 Å². The van der Waals surface area contributed by atoms with Crippen LogP contribution in [0.4, 0.5) is 13.2 Å². The van der Waals surface area contributed by atoms with Gasteiger partial charge in [0.2, 0.25) is 5.78 Å². The van der Waals surface area contributed by atoms with E-state index in [0.717, 1.165) is 0 Å². The predicted molar refractivity (Wildman–Crippen MR) is 68.9 cm³/mol. The zero-order chi connectivity index (χ0) is 16.6. The minimum Gasteiger partial charge on any atom is -0.382 e. The zero-order valence-electron chi connectivity index (χ0n) is 11.8. The highest BCUT2D eigenvalue weighted by Crippen LogP contribution is 2.18. The highest BCUT2D eigenvalue weighted by Gasteiger charge is 2.38. The second-order valence-corrected chi connectivity index (χ2v) is 4.19. The van der Waals surface area contributed by atoms with Crippen LogP contribution in [-0.2, 0) is 9.59 Å². The van der Waals surface area contributed by atoms with Crippen molar-refractivity contribution in [2.45, 2.75) is 25.9 Å². The molecule has 21 heavy (non-hydrogen) atoms. The number of hydrazone groups is 1. The second-order valence-electron chi connectivity index (χ2n) is 4.19. The molecule has 6 nitrogen and oxygen atoms in total. The van der Waals surface area contributed by atoms with Crippen LogP contribution in [0.3, 0.4) is 0 Å². The molecule has 0 aliphatic rings. The Kier molecular flexibility index (Phi) is 7.13. The molecule has 0 heterocycles. The minimum atomic E-state index is -4.94. The molecule has 0 radical (unpaired) electrons. The van der Waals surface area contributed by atoms with Crippen molar-refractivity contribution in [3.05, 3.63) is 11.8 Å². The first kappa shape index (κ1) is 18.6. The molecule has 0 atom stereocenters. The van der Waals surface area contributed by atoms with E-state index in [1.165, 1.54) is 18.0 Å². The number of amides is 1. The number of nitriles is 1. The van der Waals surface area contributed by atoms with Gasteiger partial charge >= 0.3 is 6.18 Å². The Bertz CT molecular complexity index is 502. The summed E-state index contributed by atoms with van der Waals surface area (Å²) < 4.78 is 36.4. The van der Waals surface area contributed by atoms with Crippen LogP contribution in [0, 0.1) is 11.3 Å². The maximum Gasteiger partial charge on any atom is 0.450 e. The van der Waals surface area contributed by atoms with Crippen molar-refractivity contribution >= 4 is 17.4 Å². The monoisotopic (exact) mass is 304 g/mol. The third kappa shape index (κ3) is 7.10. The fourth-order valence-electron chi connectivity index (χ4n) is 1.12. The first-order valence-electron chi connectivity index (χ1n) is 5.86. The molecule has 0 saturated carbocycles. The van der Waals surface area contributed by atoms with Gasteiger partial charge in [0.15, 0.2) is 0 Å². The number of hydrogen-bond donors (Lipinski definition) is 1. The van der Waals surface area contributed by atoms with E-state index in [9.17, 15) is 22.8 Å². The molecule has 1 N–H and O–H groups in total. The van der Waals surface area contributed by atoms with Gasteiger partial charge in [0.05, 0.1) is 6.42 Å². The van der Waals surface area contributed by atoms with E-state index < -0.39 is 24.3 Å². The number of nitrogens with zero attached hydrogens (tertiary/aromatic N) is 3. The Hall–Kier alpha value is -2.37. The van der Waals surface area contributed by atoms with Crippen molar-refractivity contribution in [3.8, 4) is 6.07 Å². The van der Waals surface area contributed by atoms with Crippen molar-refractivity contribution in [3.63, 3.8) is 0 Å². The molecule has 0 aromatic heterocycles. The number of Topliss-reactive ketones (excluding diaryl/α,β-unsaturated/α-hetero) is 1. The molecule has 0 rings (SSSR count). The Morgan fingerprint density at radius 3 is 2.33 bits per heavy atom. The lowest BCUT2D eigenvalue weighted by molar-refractivity contribution is -0.169. The van der Waals surface area contributed by atoms with Crippen molar-refractivity contribution in [2.75, 3.05) is 14.1 Å². The molecule has 1 amide bonds. The lowest BCUT2D eigenvalue weighted by atomic mass is 10.1. The molecule has 0 fully saturated rings. The fraction of sp³-hybridized carbons (Fsp3) is 0.500. The summed E-state index contributed by atoms with van der Waals surface area (Å²) in [6.45, 7) is 1.50. The number of halogens is 3. The maximum absolute atomic E-state index is 12.1. The van der Waals surface area contributed by atoms with Gasteiger partial charge < -0.3 is 4.90 Å². The van der Waals surface area contributed by atoms with E-state index in [1.54, 1.807) is 20.2 Å². The molecule has 116 valence electrons. The van der Waals surface area contributed by atoms with Gasteiger partial charge in [-0.2, -0.15) is 23.5 Å². The first-order valence-corrected chi connectivity index (χ1v) is 5.86. The summed E-state index contributed by atoms with van der Waals surface area (Å²) in [5.74, 6) is -2.81. The van der Waals surface area contributed by atoms with Gasteiger partial charge in [-0.05, 0) is 6.42 Å². The number of hydrogen-bond acceptors (Lipinski definition) is 5. The highest BCUT2D eigenvalue weighted by molar-refractivity contribution is 6.05. The van der Waals surface area contributed by atoms with Crippen LogP contribution in [0.5, 0.6) is 0 Å². The van der Waals surface area contributed by atoms with Gasteiger partial charge in [-0.25, -0.2) is 5.43 Å². The number of nitrogens with one attached hydrogen (secondary N) is 1. The lowest BCUT2D eigenvalue weighted by Crippen LogP contribution is -2.27. The number of ketones is 1. The number of carbonyl (C=O) groups excluding carboxylic acids is 2. The molecule has 0 aliphatic heterocycles. The van der Waals surface area contributed by atoms with Crippen LogP contribution in [-0.4, -0.2) is 42.6 Å². The average Bonchev–Trinajstić information content (AvgIpc) is 2.38. The summed E-state index contributed by atoms with van der Waals surface area (Å²) in [6.07, 6.45) is -4.58. The number of rotatable bonds is 6. The normalized spacial score (nSPS) is 12.6. The van der Waals surface area contributed by atoms with E-state index in [2.05, 4.69) is 5.10 Å². The van der Waals surface area contributed by atoms with Crippen molar-refractivity contribution in [1.29, 1.82) is 5.26 Å². The highest BCUT2D eigenvalue weighted by atomic mass is 19.4. The molecule has 0 aromatic carbocycles. The summed E-state index contributed by atoms with van der Waals surface area (Å²) in [5.41, 5.74) is 1.56. The number of alkyl halides is 3. The van der Waals surface area contributed by atoms with Crippen LogP contribution in [0.25, 0.3) is 0 Å². The summed E-state index contributed by atoms with van der Waals surface area (Å²) in [4.78, 5) is 23.8. The van der Waals surface area contributed by atoms with Gasteiger partial charge in [0.1, 0.15) is 11.6 Å². The van der Waals surface area contributed by atoms with E-state index >= 15 is 0 Å². The summed E-state index contributed by atoms with van der Waals surface area (Å²) >= 11 is 0. The van der Waals surface area contributed by atoms with Crippen molar-refractivity contribution in [1.82, 2.24) is 10.3 Å². The van der Waals surface area contributed by atoms with Gasteiger partial charge in [-0.15, -0.1) is 0 Å². The smallest absolute Gasteiger partial charge is 0.382 e. The van der Waals surface area contributed by atoms with Crippen LogP contribution >= 0.6 is 0 Å². The Labute approximate surface area is 119 Å². The molecule has 0 spiro atoms. The molecule has 0 unspecified atom stereocenters. The van der Waals surface area contributed by atoms with E-state index in [-0.39, 0.29) is 17.7 Å². The van der Waals surface area contributed by atoms with Gasteiger partial charge in [0.25, 0.3) is 5.91 Å². The second kappa shape index (κ2) is 8.04. The number of carbonyl (C=O) groups is 2. The molecule has 0 aromatic rings. The standard InChI is InChI=1S/C12H15F3N4O2/c1-4-9(5-10(20)12(13,14)15)17-18-11(21)8(6-16)7-19(2)3/h7H,4-5H2,1-3H3,(H,18,21)/b8-7?,17-9+. The fourth-order valence-corrected chi connectivity index (χ4v) is 1.12. The van der Waals surface area contributed by atoms with Crippen molar-refractivity contribution < 1.29 is 22.8 Å². The minimum absolute atomic E-state index is 0.0569. The molecule has 0 aliphatic carbocycles. The Balaban J connectivity index is 4.87. The first-order chi connectivity index (χ1) is 9.61. The van der Waals surface area contributed by atoms with Crippen LogP contribution in [0.1, 0.15) is 19.8 Å². The molecule has 0 bridgehead atoms. The lowest BCUT2D eigenvalue weighted by Gasteiger charge is -2.08. The van der Waals surface area contributed by atoms with Crippen LogP contribution in [0.2, 0.25) is 0 Å². The average molecular weight is 304 g/mol. The molecular formula is C12H15F3N4O2. The predicted octanol–water partition coefficient (Wildman–Crippen LogP) is 1.36. The molecule has 9 heteroatoms. The van der Waals surface area contributed by atoms with E-state index in [1.807, 2.05) is 5.43 Å². The van der Waals surface area contributed by atoms with Gasteiger partial charge in [-0.1, -0.05) is 6.92 Å². The SMILES string of the molecule is CC/C(CC(=O)C(F)(F)F)=N\NC(=O)C(C#N)=CN(C)C. The Morgan fingerprint density at radius 1 is 1.38 bits per heavy atom. The summed E-state index contributed by atoms with van der Waals surface area (Å²) in [7, 11) is 3.18. The quantitative estimate of drug-likeness (QED) is 0.347. The largest absolute Gasteiger partial charge is 0.450 e. The topological polar surface area (TPSA) is 85.6 Å². The van der Waals surface area contributed by atoms with E-state index in [0.29, 0.717) is 0 Å². The third-order valence-corrected chi connectivity index (χ3v) is 2.16. The van der Waals surface area contributed by atoms with E-state index in [4.69, 9.17) is 5.26 Å². The van der Waals surface area contributed by atoms with Gasteiger partial charge in [-0.3, -0.25) is 9.59 Å². The maximum atomic E-state index is 12.1. The van der Waals surface area contributed by atoms with Crippen molar-refractivity contribution in [2.24, 2.45) is 5.10 Å². The summed E-state index contributed by atoms with van der Waals surface area (Å²) in [6, 6.07) is 1.63. The molecule has 0 saturated heterocycles.